The fraction of sp³-hybridized carbons (Fsp3) is 0.353. The van der Waals surface area contributed by atoms with Gasteiger partial charge in [0, 0.05) is 0 Å². The van der Waals surface area contributed by atoms with Gasteiger partial charge in [0.1, 0.15) is 10.1 Å². The lowest BCUT2D eigenvalue weighted by molar-refractivity contribution is -0.136. The number of thiazole rings is 1. The van der Waals surface area contributed by atoms with E-state index in [1.54, 1.807) is 6.07 Å². The number of nitrogens with one attached hydrogen (secondary N) is 2. The highest BCUT2D eigenvalue weighted by Gasteiger charge is 2.15. The van der Waals surface area contributed by atoms with Crippen LogP contribution in [-0.4, -0.2) is 28.7 Å². The molecule has 2 aromatic rings. The van der Waals surface area contributed by atoms with Crippen LogP contribution in [0.2, 0.25) is 4.34 Å². The van der Waals surface area contributed by atoms with Crippen LogP contribution in [0.4, 0.5) is 15.6 Å². The van der Waals surface area contributed by atoms with E-state index in [0.717, 1.165) is 16.9 Å². The number of carboxylic acids is 1. The van der Waals surface area contributed by atoms with Gasteiger partial charge in [0.2, 0.25) is 0 Å². The summed E-state index contributed by atoms with van der Waals surface area (Å²) in [6.45, 7) is 6.54. The minimum Gasteiger partial charge on any atom is -0.491 e. The molecule has 0 unspecified atom stereocenters. The second kappa shape index (κ2) is 8.86. The van der Waals surface area contributed by atoms with Crippen LogP contribution in [0.25, 0.3) is 0 Å². The molecule has 0 saturated carbocycles. The van der Waals surface area contributed by atoms with Gasteiger partial charge < -0.3 is 15.2 Å². The van der Waals surface area contributed by atoms with Gasteiger partial charge in [0.15, 0.2) is 5.13 Å². The number of benzene rings is 1. The number of carbonyl (C=O) groups excluding carboxylic acids is 1. The van der Waals surface area contributed by atoms with Crippen molar-refractivity contribution in [2.45, 2.75) is 27.2 Å². The van der Waals surface area contributed by atoms with E-state index >= 15 is 0 Å². The molecule has 0 aliphatic heterocycles. The summed E-state index contributed by atoms with van der Waals surface area (Å²) >= 11 is 6.95. The zero-order valence-corrected chi connectivity index (χ0v) is 16.2. The van der Waals surface area contributed by atoms with Crippen LogP contribution in [0.1, 0.15) is 25.1 Å². The van der Waals surface area contributed by atoms with Crippen molar-refractivity contribution in [3.8, 4) is 5.75 Å². The molecule has 7 nitrogen and oxygen atoms in total. The predicted molar refractivity (Wildman–Crippen MR) is 103 cm³/mol. The molecule has 0 radical (unpaired) electrons. The predicted octanol–water partition coefficient (Wildman–Crippen LogP) is 4.41. The molecule has 1 heterocycles. The van der Waals surface area contributed by atoms with Crippen molar-refractivity contribution >= 4 is 45.8 Å². The van der Waals surface area contributed by atoms with Gasteiger partial charge in [-0.3, -0.25) is 10.1 Å². The van der Waals surface area contributed by atoms with Crippen LogP contribution in [-0.2, 0) is 11.2 Å². The van der Waals surface area contributed by atoms with E-state index in [1.807, 2.05) is 32.9 Å². The van der Waals surface area contributed by atoms with Crippen molar-refractivity contribution in [1.82, 2.24) is 4.98 Å². The number of halogens is 1. The van der Waals surface area contributed by atoms with Crippen LogP contribution >= 0.6 is 22.9 Å². The number of amides is 2. The average molecular weight is 398 g/mol. The third-order valence-corrected chi connectivity index (χ3v) is 4.40. The number of nitrogens with zero attached hydrogens (tertiary/aromatic N) is 1. The topological polar surface area (TPSA) is 101 Å². The molecule has 26 heavy (non-hydrogen) atoms. The number of aromatic nitrogens is 1. The molecule has 2 rings (SSSR count). The first kappa shape index (κ1) is 20.0. The van der Waals surface area contributed by atoms with Crippen molar-refractivity contribution in [1.29, 1.82) is 0 Å². The van der Waals surface area contributed by atoms with Crippen LogP contribution in [0.15, 0.2) is 18.2 Å². The summed E-state index contributed by atoms with van der Waals surface area (Å²) in [4.78, 5) is 27.0. The number of aliphatic carboxylic acids is 1. The zero-order valence-electron chi connectivity index (χ0n) is 14.6. The number of rotatable bonds is 7. The fourth-order valence-corrected chi connectivity index (χ4v) is 3.03. The van der Waals surface area contributed by atoms with E-state index < -0.39 is 12.0 Å². The molecule has 0 spiro atoms. The first-order chi connectivity index (χ1) is 12.2. The van der Waals surface area contributed by atoms with Gasteiger partial charge in [0.25, 0.3) is 0 Å². The summed E-state index contributed by atoms with van der Waals surface area (Å²) in [5, 5.41) is 14.3. The van der Waals surface area contributed by atoms with E-state index in [4.69, 9.17) is 21.4 Å². The molecule has 0 bridgehead atoms. The van der Waals surface area contributed by atoms with E-state index in [-0.39, 0.29) is 21.6 Å². The maximum atomic E-state index is 12.2. The van der Waals surface area contributed by atoms with Gasteiger partial charge in [-0.1, -0.05) is 42.9 Å². The number of aryl methyl sites for hydroxylation is 1. The number of hydrogen-bond donors (Lipinski definition) is 3. The third kappa shape index (κ3) is 5.89. The summed E-state index contributed by atoms with van der Waals surface area (Å²) in [6, 6.07) is 4.96. The van der Waals surface area contributed by atoms with Crippen molar-refractivity contribution in [2.75, 3.05) is 17.2 Å². The zero-order chi connectivity index (χ0) is 19.3. The van der Waals surface area contributed by atoms with Crippen molar-refractivity contribution in [3.05, 3.63) is 33.8 Å². The van der Waals surface area contributed by atoms with E-state index in [9.17, 15) is 9.59 Å². The number of carboxylic acid groups (broad SMARTS) is 1. The van der Waals surface area contributed by atoms with Crippen LogP contribution in [0.5, 0.6) is 5.75 Å². The molecule has 0 atom stereocenters. The van der Waals surface area contributed by atoms with Gasteiger partial charge in [0.05, 0.1) is 24.4 Å². The number of anilines is 2. The first-order valence-electron chi connectivity index (χ1n) is 7.93. The maximum Gasteiger partial charge on any atom is 0.325 e. The number of carbonyl (C=O) groups is 2. The van der Waals surface area contributed by atoms with Crippen LogP contribution in [0, 0.1) is 12.8 Å². The Morgan fingerprint density at radius 3 is 2.73 bits per heavy atom. The Kier molecular flexibility index (Phi) is 6.82. The quantitative estimate of drug-likeness (QED) is 0.642. The Morgan fingerprint density at radius 2 is 2.08 bits per heavy atom. The van der Waals surface area contributed by atoms with Crippen molar-refractivity contribution < 1.29 is 19.4 Å². The van der Waals surface area contributed by atoms with Gasteiger partial charge >= 0.3 is 12.0 Å². The molecular weight excluding hydrogens is 378 g/mol. The molecule has 1 aromatic heterocycles. The summed E-state index contributed by atoms with van der Waals surface area (Å²) < 4.78 is 5.99. The molecule has 0 aliphatic carbocycles. The molecule has 140 valence electrons. The van der Waals surface area contributed by atoms with Crippen molar-refractivity contribution in [3.63, 3.8) is 0 Å². The minimum absolute atomic E-state index is 0.218. The Balaban J connectivity index is 2.07. The second-order valence-corrected chi connectivity index (χ2v) is 7.69. The molecule has 9 heteroatoms. The molecule has 0 saturated heterocycles. The monoisotopic (exact) mass is 397 g/mol. The Labute approximate surface area is 160 Å². The fourth-order valence-electron chi connectivity index (χ4n) is 2.00. The first-order valence-corrected chi connectivity index (χ1v) is 9.12. The van der Waals surface area contributed by atoms with Crippen LogP contribution in [0.3, 0.4) is 0 Å². The van der Waals surface area contributed by atoms with E-state index in [2.05, 4.69) is 15.6 Å². The van der Waals surface area contributed by atoms with Gasteiger partial charge in [-0.05, 0) is 30.5 Å². The molecule has 3 N–H and O–H groups in total. The Bertz CT molecular complexity index is 807. The number of ether oxygens (including phenoxy) is 1. The SMILES string of the molecule is Cc1ccc(NC(=O)Nc2nc(CC(=O)O)c(Cl)s2)c(OCC(C)C)c1. The average Bonchev–Trinajstić information content (AvgIpc) is 2.86. The third-order valence-electron chi connectivity index (χ3n) is 3.15. The second-order valence-electron chi connectivity index (χ2n) is 6.09. The Morgan fingerprint density at radius 1 is 1.35 bits per heavy atom. The molecule has 0 aliphatic rings. The lowest BCUT2D eigenvalue weighted by Crippen LogP contribution is -2.20. The standard InChI is InChI=1S/C17H20ClN3O4S/c1-9(2)8-25-13-6-10(3)4-5-11(13)19-16(24)21-17-20-12(7-14(22)23)15(18)26-17/h4-6,9H,7-8H2,1-3H3,(H,22,23)(H2,19,20,21,24). The highest BCUT2D eigenvalue weighted by molar-refractivity contribution is 7.19. The summed E-state index contributed by atoms with van der Waals surface area (Å²) in [5.41, 5.74) is 1.76. The molecule has 1 aromatic carbocycles. The lowest BCUT2D eigenvalue weighted by atomic mass is 10.2. The largest absolute Gasteiger partial charge is 0.491 e. The summed E-state index contributed by atoms with van der Waals surface area (Å²) in [5.74, 6) is -0.111. The highest BCUT2D eigenvalue weighted by Crippen LogP contribution is 2.29. The molecule has 0 fully saturated rings. The van der Waals surface area contributed by atoms with Crippen molar-refractivity contribution in [2.24, 2.45) is 5.92 Å². The summed E-state index contributed by atoms with van der Waals surface area (Å²) in [6.07, 6.45) is -0.302. The van der Waals surface area contributed by atoms with Gasteiger partial charge in [-0.2, -0.15) is 0 Å². The number of hydrogen-bond acceptors (Lipinski definition) is 5. The van der Waals surface area contributed by atoms with Crippen LogP contribution < -0.4 is 15.4 Å². The highest BCUT2D eigenvalue weighted by atomic mass is 35.5. The molecular formula is C17H20ClN3O4S. The number of urea groups is 1. The Hall–Kier alpha value is -2.32. The lowest BCUT2D eigenvalue weighted by Gasteiger charge is -2.14. The maximum absolute atomic E-state index is 12.2. The normalized spacial score (nSPS) is 10.7. The van der Waals surface area contributed by atoms with E-state index in [0.29, 0.717) is 24.0 Å². The van der Waals surface area contributed by atoms with Gasteiger partial charge in [-0.25, -0.2) is 9.78 Å². The smallest absolute Gasteiger partial charge is 0.325 e. The summed E-state index contributed by atoms with van der Waals surface area (Å²) in [7, 11) is 0. The molecule has 2 amide bonds. The van der Waals surface area contributed by atoms with Gasteiger partial charge in [-0.15, -0.1) is 0 Å². The van der Waals surface area contributed by atoms with E-state index in [1.165, 1.54) is 0 Å². The minimum atomic E-state index is -1.04.